The number of halogens is 2. The highest BCUT2D eigenvalue weighted by Crippen LogP contribution is 2.43. The zero-order chi connectivity index (χ0) is 27.1. The lowest BCUT2D eigenvalue weighted by Gasteiger charge is -2.34. The fourth-order valence-electron chi connectivity index (χ4n) is 5.31. The molecule has 3 N–H and O–H groups in total. The Morgan fingerprint density at radius 2 is 1.71 bits per heavy atom. The second kappa shape index (κ2) is 10.7. The number of thiophene rings is 1. The number of nitrogens with two attached hydrogens (primary N) is 1. The summed E-state index contributed by atoms with van der Waals surface area (Å²) in [6, 6.07) is 14.6. The summed E-state index contributed by atoms with van der Waals surface area (Å²) in [7, 11) is 0. The third-order valence-electron chi connectivity index (χ3n) is 6.87. The summed E-state index contributed by atoms with van der Waals surface area (Å²) in [6.07, 6.45) is 1.10. The number of nitrogens with one attached hydrogen (secondary N) is 1. The highest BCUT2D eigenvalue weighted by Gasteiger charge is 2.31. The average Bonchev–Trinajstić information content (AvgIpc) is 3.19. The minimum absolute atomic E-state index is 0.0736. The van der Waals surface area contributed by atoms with Crippen LogP contribution >= 0.6 is 38.9 Å². The van der Waals surface area contributed by atoms with Crippen molar-refractivity contribution in [2.75, 3.05) is 24.1 Å². The zero-order valence-corrected chi connectivity index (χ0v) is 24.5. The lowest BCUT2D eigenvalue weighted by atomic mass is 9.91. The van der Waals surface area contributed by atoms with Crippen LogP contribution in [-0.2, 0) is 0 Å². The number of carbonyl (C=O) groups excluding carboxylic acids is 2. The molecule has 2 aromatic heterocycles. The van der Waals surface area contributed by atoms with Gasteiger partial charge in [0.1, 0.15) is 9.71 Å². The normalized spacial score (nSPS) is 17.6. The number of pyridine rings is 1. The number of nitrogen functional groups attached to an aromatic ring is 1. The fraction of sp³-hybridized carbons (Fsp3) is 0.276. The van der Waals surface area contributed by atoms with E-state index in [0.29, 0.717) is 73.2 Å². The fourth-order valence-corrected chi connectivity index (χ4v) is 6.82. The summed E-state index contributed by atoms with van der Waals surface area (Å²) < 4.78 is 0.915. The number of rotatable bonds is 4. The summed E-state index contributed by atoms with van der Waals surface area (Å²) in [5.74, 6) is 0.477. The van der Waals surface area contributed by atoms with Gasteiger partial charge in [0.25, 0.3) is 11.8 Å². The number of benzene rings is 2. The molecule has 0 unspecified atom stereocenters. The van der Waals surface area contributed by atoms with E-state index in [-0.39, 0.29) is 11.8 Å². The van der Waals surface area contributed by atoms with E-state index in [2.05, 4.69) is 35.1 Å². The number of hydrogen-bond acceptors (Lipinski definition) is 5. The molecule has 196 valence electrons. The summed E-state index contributed by atoms with van der Waals surface area (Å²) in [5, 5.41) is 4.18. The predicted molar refractivity (Wildman–Crippen MR) is 160 cm³/mol. The Balaban J connectivity index is 1.67. The van der Waals surface area contributed by atoms with E-state index >= 15 is 0 Å². The van der Waals surface area contributed by atoms with Crippen LogP contribution < -0.4 is 11.1 Å². The van der Waals surface area contributed by atoms with Gasteiger partial charge in [0, 0.05) is 39.2 Å². The van der Waals surface area contributed by atoms with Crippen LogP contribution in [-0.4, -0.2) is 34.8 Å². The first-order valence-corrected chi connectivity index (χ1v) is 14.5. The number of hydrogen-bond donors (Lipinski definition) is 2. The maximum atomic E-state index is 13.7. The molecule has 9 heteroatoms. The zero-order valence-electron chi connectivity index (χ0n) is 21.3. The van der Waals surface area contributed by atoms with E-state index in [0.717, 1.165) is 16.5 Å². The Labute approximate surface area is 239 Å². The number of amides is 2. The van der Waals surface area contributed by atoms with Crippen LogP contribution in [0.2, 0.25) is 5.02 Å². The van der Waals surface area contributed by atoms with Crippen molar-refractivity contribution in [3.05, 3.63) is 74.2 Å². The molecule has 0 radical (unpaired) electrons. The molecule has 2 atom stereocenters. The molecule has 5 rings (SSSR count). The maximum Gasteiger partial charge on any atom is 0.266 e. The molecular weight excluding hydrogens is 584 g/mol. The average molecular weight is 612 g/mol. The number of piperidine rings is 1. The van der Waals surface area contributed by atoms with Gasteiger partial charge in [-0.05, 0) is 67.1 Å². The molecule has 1 saturated heterocycles. The highest BCUT2D eigenvalue weighted by molar-refractivity contribution is 9.10. The van der Waals surface area contributed by atoms with Crippen molar-refractivity contribution in [3.63, 3.8) is 0 Å². The largest absolute Gasteiger partial charge is 0.397 e. The van der Waals surface area contributed by atoms with Gasteiger partial charge in [0.15, 0.2) is 0 Å². The van der Waals surface area contributed by atoms with Crippen molar-refractivity contribution in [1.82, 2.24) is 9.88 Å². The standard InChI is InChI=1S/C29H28BrClN4O2S/c1-15-12-16(2)14-35(13-15)29(37)26-25(32)24-23(18-4-6-19(30)7-5-18)22(17(3)33-28(24)38-26)27(36)34-21-10-8-20(31)9-11-21/h4-11,15-16H,12-14,32H2,1-3H3,(H,34,36)/t15-,16-/m1/s1. The van der Waals surface area contributed by atoms with Crippen molar-refractivity contribution in [3.8, 4) is 11.1 Å². The van der Waals surface area contributed by atoms with Crippen molar-refractivity contribution in [2.45, 2.75) is 27.2 Å². The minimum atomic E-state index is -0.311. The first kappa shape index (κ1) is 26.7. The topological polar surface area (TPSA) is 88.3 Å². The molecule has 2 aromatic carbocycles. The molecule has 38 heavy (non-hydrogen) atoms. The van der Waals surface area contributed by atoms with Gasteiger partial charge in [0.05, 0.1) is 16.9 Å². The second-order valence-electron chi connectivity index (χ2n) is 10.1. The number of anilines is 2. The van der Waals surface area contributed by atoms with E-state index in [1.807, 2.05) is 36.1 Å². The molecule has 0 spiro atoms. The van der Waals surface area contributed by atoms with Gasteiger partial charge in [0.2, 0.25) is 0 Å². The van der Waals surface area contributed by atoms with Crippen molar-refractivity contribution in [2.24, 2.45) is 11.8 Å². The van der Waals surface area contributed by atoms with Crippen LogP contribution in [0.1, 0.15) is 46.0 Å². The maximum absolute atomic E-state index is 13.7. The molecule has 0 aliphatic carbocycles. The molecule has 4 aromatic rings. The number of nitrogens with zero attached hydrogens (tertiary/aromatic N) is 2. The van der Waals surface area contributed by atoms with Gasteiger partial charge >= 0.3 is 0 Å². The number of aryl methyl sites for hydroxylation is 1. The Kier molecular flexibility index (Phi) is 7.49. The van der Waals surface area contributed by atoms with Crippen LogP contribution in [0.25, 0.3) is 21.3 Å². The van der Waals surface area contributed by atoms with Gasteiger partial charge in [-0.15, -0.1) is 11.3 Å². The Morgan fingerprint density at radius 3 is 2.34 bits per heavy atom. The van der Waals surface area contributed by atoms with E-state index in [9.17, 15) is 9.59 Å². The number of carbonyl (C=O) groups is 2. The van der Waals surface area contributed by atoms with Crippen LogP contribution in [0.4, 0.5) is 11.4 Å². The molecule has 0 bridgehead atoms. The van der Waals surface area contributed by atoms with Gasteiger partial charge in [-0.25, -0.2) is 4.98 Å². The molecule has 6 nitrogen and oxygen atoms in total. The minimum Gasteiger partial charge on any atom is -0.397 e. The summed E-state index contributed by atoms with van der Waals surface area (Å²) in [4.78, 5) is 35.2. The Bertz CT molecular complexity index is 1530. The number of fused-ring (bicyclic) bond motifs is 1. The highest BCUT2D eigenvalue weighted by atomic mass is 79.9. The van der Waals surface area contributed by atoms with Crippen molar-refractivity contribution < 1.29 is 9.59 Å². The smallest absolute Gasteiger partial charge is 0.266 e. The number of likely N-dealkylation sites (tertiary alicyclic amines) is 1. The number of aromatic nitrogens is 1. The van der Waals surface area contributed by atoms with E-state index in [1.165, 1.54) is 11.3 Å². The molecular formula is C29H28BrClN4O2S. The molecule has 1 aliphatic rings. The van der Waals surface area contributed by atoms with E-state index in [1.54, 1.807) is 24.3 Å². The van der Waals surface area contributed by atoms with Crippen LogP contribution in [0.3, 0.4) is 0 Å². The summed E-state index contributed by atoms with van der Waals surface area (Å²) in [5.41, 5.74) is 10.2. The van der Waals surface area contributed by atoms with Crippen LogP contribution in [0.15, 0.2) is 53.0 Å². The summed E-state index contributed by atoms with van der Waals surface area (Å²) >= 11 is 10.8. The van der Waals surface area contributed by atoms with Gasteiger partial charge in [-0.3, -0.25) is 9.59 Å². The van der Waals surface area contributed by atoms with Gasteiger partial charge in [-0.1, -0.05) is 53.5 Å². The SMILES string of the molecule is Cc1nc2sc(C(=O)N3C[C@H](C)C[C@@H](C)C3)c(N)c2c(-c2ccc(Br)cc2)c1C(=O)Nc1ccc(Cl)cc1. The third-order valence-corrected chi connectivity index (χ3v) is 8.74. The lowest BCUT2D eigenvalue weighted by Crippen LogP contribution is -2.42. The van der Waals surface area contributed by atoms with Gasteiger partial charge < -0.3 is 16.0 Å². The molecule has 2 amide bonds. The molecule has 1 aliphatic heterocycles. The molecule has 3 heterocycles. The first-order valence-electron chi connectivity index (χ1n) is 12.5. The Morgan fingerprint density at radius 1 is 1.08 bits per heavy atom. The summed E-state index contributed by atoms with van der Waals surface area (Å²) in [6.45, 7) is 7.57. The lowest BCUT2D eigenvalue weighted by molar-refractivity contribution is 0.0629. The van der Waals surface area contributed by atoms with Crippen molar-refractivity contribution in [1.29, 1.82) is 0 Å². The Hall–Kier alpha value is -2.94. The predicted octanol–water partition coefficient (Wildman–Crippen LogP) is 7.64. The van der Waals surface area contributed by atoms with Crippen LogP contribution in [0.5, 0.6) is 0 Å². The van der Waals surface area contributed by atoms with Crippen molar-refractivity contribution >= 4 is 72.3 Å². The quantitative estimate of drug-likeness (QED) is 0.248. The molecule has 0 saturated carbocycles. The van der Waals surface area contributed by atoms with Crippen LogP contribution in [0, 0.1) is 18.8 Å². The second-order valence-corrected chi connectivity index (χ2v) is 12.4. The van der Waals surface area contributed by atoms with E-state index in [4.69, 9.17) is 22.3 Å². The first-order chi connectivity index (χ1) is 18.1. The molecule has 1 fully saturated rings. The third kappa shape index (κ3) is 5.17. The van der Waals surface area contributed by atoms with E-state index < -0.39 is 0 Å². The van der Waals surface area contributed by atoms with Gasteiger partial charge in [-0.2, -0.15) is 0 Å². The monoisotopic (exact) mass is 610 g/mol.